The van der Waals surface area contributed by atoms with E-state index >= 15 is 0 Å². The molecule has 0 aliphatic rings. The number of hydrogen-bond donors (Lipinski definition) is 0. The van der Waals surface area contributed by atoms with Gasteiger partial charge in [-0.05, 0) is 13.0 Å². The van der Waals surface area contributed by atoms with Gasteiger partial charge in [-0.25, -0.2) is 13.6 Å². The molecule has 0 aliphatic carbocycles. The number of esters is 1. The highest BCUT2D eigenvalue weighted by Crippen LogP contribution is 2.18. The summed E-state index contributed by atoms with van der Waals surface area (Å²) in [7, 11) is 1.47. The minimum absolute atomic E-state index is 0.0131. The van der Waals surface area contributed by atoms with Gasteiger partial charge in [0.15, 0.2) is 0 Å². The maximum atomic E-state index is 12.5. The van der Waals surface area contributed by atoms with Gasteiger partial charge in [-0.2, -0.15) is 5.10 Å². The number of carbonyl (C=O) groups is 1. The van der Waals surface area contributed by atoms with Gasteiger partial charge < -0.3 is 9.47 Å². The van der Waals surface area contributed by atoms with Crippen LogP contribution in [-0.4, -0.2) is 36.1 Å². The Morgan fingerprint density at radius 2 is 2.29 bits per heavy atom. The molecule has 0 saturated heterocycles. The molecule has 0 saturated carbocycles. The van der Waals surface area contributed by atoms with Crippen molar-refractivity contribution < 1.29 is 23.0 Å². The lowest BCUT2D eigenvalue weighted by atomic mass is 10.3. The van der Waals surface area contributed by atoms with Crippen LogP contribution in [0.5, 0.6) is 0 Å². The highest BCUT2D eigenvalue weighted by molar-refractivity contribution is 5.87. The molecule has 0 bridgehead atoms. The zero-order valence-electron chi connectivity index (χ0n) is 9.65. The molecular weight excluding hydrogens is 234 g/mol. The molecule has 0 amide bonds. The fraction of sp³-hybridized carbons (Fsp3) is 0.600. The zero-order valence-corrected chi connectivity index (χ0v) is 9.65. The number of alkyl halides is 2. The molecule has 0 atom stereocenters. The summed E-state index contributed by atoms with van der Waals surface area (Å²) in [5, 5.41) is 3.64. The van der Waals surface area contributed by atoms with E-state index in [-0.39, 0.29) is 25.5 Å². The van der Waals surface area contributed by atoms with Crippen LogP contribution in [0.3, 0.4) is 0 Å². The number of aromatic nitrogens is 2. The molecule has 0 aliphatic heterocycles. The maximum Gasteiger partial charge on any atom is 0.356 e. The maximum absolute atomic E-state index is 12.5. The van der Waals surface area contributed by atoms with Crippen LogP contribution >= 0.6 is 0 Å². The average molecular weight is 248 g/mol. The molecule has 17 heavy (non-hydrogen) atoms. The second-order valence-corrected chi connectivity index (χ2v) is 3.19. The molecule has 0 spiro atoms. The first-order valence-electron chi connectivity index (χ1n) is 5.12. The van der Waals surface area contributed by atoms with Crippen molar-refractivity contribution in [2.24, 2.45) is 0 Å². The molecule has 0 unspecified atom stereocenters. The molecule has 96 valence electrons. The summed E-state index contributed by atoms with van der Waals surface area (Å²) >= 11 is 0. The van der Waals surface area contributed by atoms with Crippen molar-refractivity contribution in [3.05, 3.63) is 17.5 Å². The van der Waals surface area contributed by atoms with Crippen LogP contribution in [0.1, 0.15) is 29.5 Å². The number of nitrogens with zero attached hydrogens (tertiary/aromatic N) is 2. The van der Waals surface area contributed by atoms with Crippen molar-refractivity contribution in [1.29, 1.82) is 0 Å². The normalized spacial score (nSPS) is 10.9. The Morgan fingerprint density at radius 1 is 1.59 bits per heavy atom. The Bertz CT molecular complexity index is 380. The number of halogens is 2. The van der Waals surface area contributed by atoms with Gasteiger partial charge in [-0.15, -0.1) is 0 Å². The lowest BCUT2D eigenvalue weighted by Crippen LogP contribution is -2.15. The highest BCUT2D eigenvalue weighted by Gasteiger charge is 2.20. The van der Waals surface area contributed by atoms with Crippen molar-refractivity contribution in [1.82, 2.24) is 9.78 Å². The summed E-state index contributed by atoms with van der Waals surface area (Å²) in [6.07, 6.45) is -2.72. The Hall–Kier alpha value is -1.50. The van der Waals surface area contributed by atoms with Gasteiger partial charge in [-0.3, -0.25) is 4.68 Å². The third kappa shape index (κ3) is 3.48. The Kier molecular flexibility index (Phi) is 5.02. The number of hydrogen-bond acceptors (Lipinski definition) is 4. The highest BCUT2D eigenvalue weighted by atomic mass is 19.3. The number of rotatable bonds is 6. The summed E-state index contributed by atoms with van der Waals surface area (Å²) < 4.78 is 35.7. The minimum Gasteiger partial charge on any atom is -0.461 e. The average Bonchev–Trinajstić information content (AvgIpc) is 2.70. The van der Waals surface area contributed by atoms with E-state index in [9.17, 15) is 13.6 Å². The predicted molar refractivity (Wildman–Crippen MR) is 55.0 cm³/mol. The molecule has 7 heteroatoms. The monoisotopic (exact) mass is 248 g/mol. The predicted octanol–water partition coefficient (Wildman–Crippen LogP) is 1.64. The molecule has 0 aromatic carbocycles. The Morgan fingerprint density at radius 3 is 2.82 bits per heavy atom. The van der Waals surface area contributed by atoms with Gasteiger partial charge in [-0.1, -0.05) is 0 Å². The first-order valence-corrected chi connectivity index (χ1v) is 5.12. The van der Waals surface area contributed by atoms with E-state index in [4.69, 9.17) is 9.47 Å². The second kappa shape index (κ2) is 6.29. The van der Waals surface area contributed by atoms with Crippen molar-refractivity contribution in [3.63, 3.8) is 0 Å². The summed E-state index contributed by atoms with van der Waals surface area (Å²) in [5.41, 5.74) is -0.427. The van der Waals surface area contributed by atoms with Crippen LogP contribution in [0.15, 0.2) is 6.07 Å². The first-order chi connectivity index (χ1) is 8.10. The molecule has 1 heterocycles. The molecule has 1 aromatic heterocycles. The molecule has 1 rings (SSSR count). The number of methoxy groups -OCH3 is 1. The van der Waals surface area contributed by atoms with Gasteiger partial charge in [0, 0.05) is 7.11 Å². The van der Waals surface area contributed by atoms with E-state index in [1.165, 1.54) is 11.8 Å². The summed E-state index contributed by atoms with van der Waals surface area (Å²) in [4.78, 5) is 11.5. The van der Waals surface area contributed by atoms with E-state index in [0.717, 1.165) is 6.07 Å². The molecule has 0 N–H and O–H groups in total. The third-order valence-electron chi connectivity index (χ3n) is 2.01. The van der Waals surface area contributed by atoms with Gasteiger partial charge in [0.1, 0.15) is 11.4 Å². The zero-order chi connectivity index (χ0) is 12.8. The third-order valence-corrected chi connectivity index (χ3v) is 2.01. The lowest BCUT2D eigenvalue weighted by molar-refractivity contribution is 0.0509. The molecule has 5 nitrogen and oxygen atoms in total. The molecular formula is C10H14F2N2O3. The van der Waals surface area contributed by atoms with Crippen molar-refractivity contribution >= 4 is 5.97 Å². The van der Waals surface area contributed by atoms with E-state index in [2.05, 4.69) is 5.10 Å². The summed E-state index contributed by atoms with van der Waals surface area (Å²) in [5.74, 6) is -0.664. The van der Waals surface area contributed by atoms with Gasteiger partial charge in [0.05, 0.1) is 19.8 Å². The van der Waals surface area contributed by atoms with Crippen LogP contribution in [0.4, 0.5) is 8.78 Å². The first kappa shape index (κ1) is 13.6. The Labute approximate surface area is 97.3 Å². The lowest BCUT2D eigenvalue weighted by Gasteiger charge is -2.05. The molecule has 0 fully saturated rings. The second-order valence-electron chi connectivity index (χ2n) is 3.19. The van der Waals surface area contributed by atoms with E-state index in [1.807, 2.05) is 0 Å². The van der Waals surface area contributed by atoms with Crippen molar-refractivity contribution in [3.8, 4) is 0 Å². The fourth-order valence-corrected chi connectivity index (χ4v) is 1.26. The van der Waals surface area contributed by atoms with Crippen LogP contribution in [0, 0.1) is 0 Å². The van der Waals surface area contributed by atoms with Crippen LogP contribution in [0.2, 0.25) is 0 Å². The topological polar surface area (TPSA) is 53.3 Å². The molecule has 1 aromatic rings. The van der Waals surface area contributed by atoms with Crippen LogP contribution in [0.25, 0.3) is 0 Å². The SMILES string of the molecule is CCOC(=O)c1cc(C(F)F)nn1CCOC. The fourth-order valence-electron chi connectivity index (χ4n) is 1.26. The smallest absolute Gasteiger partial charge is 0.356 e. The van der Waals surface area contributed by atoms with E-state index in [1.54, 1.807) is 6.92 Å². The van der Waals surface area contributed by atoms with Gasteiger partial charge in [0.2, 0.25) is 0 Å². The number of carbonyl (C=O) groups excluding carboxylic acids is 1. The summed E-state index contributed by atoms with van der Waals surface area (Å²) in [6, 6.07) is 1.04. The molecule has 0 radical (unpaired) electrons. The van der Waals surface area contributed by atoms with Crippen molar-refractivity contribution in [2.75, 3.05) is 20.3 Å². The number of ether oxygens (including phenoxy) is 2. The minimum atomic E-state index is -2.72. The van der Waals surface area contributed by atoms with Gasteiger partial charge >= 0.3 is 5.97 Å². The van der Waals surface area contributed by atoms with Crippen LogP contribution < -0.4 is 0 Å². The van der Waals surface area contributed by atoms with Crippen molar-refractivity contribution in [2.45, 2.75) is 19.9 Å². The van der Waals surface area contributed by atoms with Crippen LogP contribution in [-0.2, 0) is 16.0 Å². The largest absolute Gasteiger partial charge is 0.461 e. The Balaban J connectivity index is 2.94. The standard InChI is InChI=1S/C10H14F2N2O3/c1-3-17-10(15)8-6-7(9(11)12)13-14(8)4-5-16-2/h6,9H,3-5H2,1-2H3. The summed E-state index contributed by atoms with van der Waals surface area (Å²) in [6.45, 7) is 2.31. The van der Waals surface area contributed by atoms with E-state index < -0.39 is 18.1 Å². The van der Waals surface area contributed by atoms with Gasteiger partial charge in [0.25, 0.3) is 6.43 Å². The quantitative estimate of drug-likeness (QED) is 0.718. The van der Waals surface area contributed by atoms with E-state index in [0.29, 0.717) is 0 Å².